The van der Waals surface area contributed by atoms with E-state index in [0.717, 1.165) is 6.08 Å². The normalized spacial score (nSPS) is 14.4. The summed E-state index contributed by atoms with van der Waals surface area (Å²) in [6, 6.07) is -0.366. The second kappa shape index (κ2) is 36.7. The Balaban J connectivity index is -0.000000400. The zero-order valence-corrected chi connectivity index (χ0v) is 52.0. The van der Waals surface area contributed by atoms with Crippen LogP contribution in [0.4, 0.5) is 171 Å². The van der Waals surface area contributed by atoms with Gasteiger partial charge in [-0.2, -0.15) is 171 Å². The lowest BCUT2D eigenvalue weighted by atomic mass is 9.91. The molecule has 0 heterocycles. The number of hydrogen-bond donors (Lipinski definition) is 1. The Kier molecular flexibility index (Phi) is 38.5. The molecule has 97 heavy (non-hydrogen) atoms. The van der Waals surface area contributed by atoms with Gasteiger partial charge < -0.3 is 36.6 Å². The van der Waals surface area contributed by atoms with Crippen molar-refractivity contribution in [3.63, 3.8) is 0 Å². The van der Waals surface area contributed by atoms with Gasteiger partial charge in [0, 0.05) is 83.9 Å². The molecule has 0 rings (SSSR count). The Morgan fingerprint density at radius 3 is 0.814 bits per heavy atom. The molecule has 0 aliphatic heterocycles. The standard InChI is InChI=1S/C17H23F13O4Si.C11H7F13O.C7H4F13N.C6H16O3Si.C3H3ClO2/c1-4-32-35(33-5-2,34-6-3)10-8-11(31)7-9-12(18,19)13(20,21)14(22,23)15(24,25)16(26,27)17(28,29)30;1-2-5(25)3-4-6(12,13)7(14,15)8(16,17)9(18,19)10(20,21)11(22,23)24;8-2(9,1-21)3(10,11)4(12,13)5(14,15)6(16,17)7(18,19)20;1-4-7-10(8-5-2)9-6-3;1-2-3(5)6-4/h4-10H2,1-3H3;2H,1,3-4H2;1,21H2;10H,4-6H2,1-3H3;2H,1H2. The predicted molar refractivity (Wildman–Crippen MR) is 254 cm³/mol. The molecule has 11 nitrogen and oxygen atoms in total. The molecule has 0 aliphatic rings. The molecular formula is C44H53ClF39NO10Si2. The Morgan fingerprint density at radius 2 is 0.619 bits per heavy atom. The zero-order valence-electron chi connectivity index (χ0n) is 49.1. The van der Waals surface area contributed by atoms with Gasteiger partial charge >= 0.3 is 132 Å². The van der Waals surface area contributed by atoms with Crippen LogP contribution in [0.1, 0.15) is 73.6 Å². The summed E-state index contributed by atoms with van der Waals surface area (Å²) in [6.45, 7) is 15.5. The van der Waals surface area contributed by atoms with Crippen LogP contribution in [0.2, 0.25) is 6.04 Å². The number of carbonyl (C=O) groups is 3. The summed E-state index contributed by atoms with van der Waals surface area (Å²) in [5, 5.41) is 0. The van der Waals surface area contributed by atoms with Gasteiger partial charge in [0.15, 0.2) is 5.78 Å². The minimum Gasteiger partial charge on any atom is -0.376 e. The molecule has 0 aromatic rings. The van der Waals surface area contributed by atoms with Gasteiger partial charge in [0.25, 0.3) is 0 Å². The largest absolute Gasteiger partial charge is 0.501 e. The average Bonchev–Trinajstić information content (AvgIpc) is 0.728. The Labute approximate surface area is 528 Å². The van der Waals surface area contributed by atoms with Crippen molar-refractivity contribution in [1.82, 2.24) is 0 Å². The topological polar surface area (TPSA) is 142 Å². The van der Waals surface area contributed by atoms with E-state index in [0.29, 0.717) is 19.8 Å². The molecule has 0 aromatic heterocycles. The van der Waals surface area contributed by atoms with E-state index < -0.39 is 182 Å². The van der Waals surface area contributed by atoms with E-state index in [1.807, 2.05) is 20.8 Å². The third kappa shape index (κ3) is 23.3. The Hall–Kier alpha value is -4.00. The average molecular weight is 1590 g/mol. The second-order valence-corrected chi connectivity index (χ2v) is 22.1. The number of allylic oxidation sites excluding steroid dienone is 1. The fourth-order valence-corrected chi connectivity index (χ4v) is 9.29. The van der Waals surface area contributed by atoms with Crippen LogP contribution in [0.25, 0.3) is 0 Å². The first-order valence-electron chi connectivity index (χ1n) is 25.2. The molecule has 0 aliphatic carbocycles. The fraction of sp³-hybridized carbons (Fsp3) is 0.841. The highest BCUT2D eigenvalue weighted by Crippen LogP contribution is 2.64. The molecular weight excluding hydrogens is 1540 g/mol. The number of carbonyl (C=O) groups excluding carboxylic acids is 3. The van der Waals surface area contributed by atoms with E-state index in [4.69, 9.17) is 26.6 Å². The summed E-state index contributed by atoms with van der Waals surface area (Å²) in [7, 11) is -5.26. The van der Waals surface area contributed by atoms with Crippen LogP contribution in [0.15, 0.2) is 25.3 Å². The number of nitrogens with two attached hydrogens (primary N) is 1. The van der Waals surface area contributed by atoms with Crippen LogP contribution < -0.4 is 5.73 Å². The van der Waals surface area contributed by atoms with Crippen LogP contribution in [0, 0.1) is 0 Å². The van der Waals surface area contributed by atoms with Gasteiger partial charge in [-0.3, -0.25) is 9.59 Å². The molecule has 0 saturated heterocycles. The quantitative estimate of drug-likeness (QED) is 0.0364. The summed E-state index contributed by atoms with van der Waals surface area (Å²) >= 11 is 4.53. The monoisotopic (exact) mass is 1590 g/mol. The number of rotatable bonds is 36. The number of halogens is 40. The van der Waals surface area contributed by atoms with Crippen LogP contribution in [-0.4, -0.2) is 189 Å². The van der Waals surface area contributed by atoms with Crippen molar-refractivity contribution < 1.29 is 216 Å². The lowest BCUT2D eigenvalue weighted by Gasteiger charge is -2.39. The van der Waals surface area contributed by atoms with Crippen LogP contribution in [-0.2, 0) is 45.2 Å². The van der Waals surface area contributed by atoms with Crippen LogP contribution >= 0.6 is 11.9 Å². The van der Waals surface area contributed by atoms with E-state index in [-0.39, 0.29) is 31.9 Å². The van der Waals surface area contributed by atoms with Gasteiger partial charge in [-0.05, 0) is 47.6 Å². The van der Waals surface area contributed by atoms with Crippen molar-refractivity contribution in [2.75, 3.05) is 46.2 Å². The van der Waals surface area contributed by atoms with E-state index in [9.17, 15) is 186 Å². The van der Waals surface area contributed by atoms with Crippen molar-refractivity contribution in [2.24, 2.45) is 5.73 Å². The SMILES string of the molecule is C=CC(=O)CCC(F)(F)C(F)(F)C(F)(F)C(F)(F)C(F)(F)C(F)(F)F.C=CC(=O)OCl.CCO[SiH](OCC)OCC.CCO[Si](CCC(=O)CCC(F)(F)C(F)(F)C(F)(F)C(F)(F)C(F)(F)C(F)(F)F)(OCC)OCC.NCC(F)(F)C(F)(F)C(F)(F)C(F)(F)C(F)(F)C(F)(F)F. The first-order valence-corrected chi connectivity index (χ1v) is 28.8. The fourth-order valence-electron chi connectivity index (χ4n) is 5.53. The molecule has 2 N–H and O–H groups in total. The molecule has 582 valence electrons. The lowest BCUT2D eigenvalue weighted by molar-refractivity contribution is -0.440. The molecule has 0 aromatic carbocycles. The Bertz CT molecular complexity index is 2380. The summed E-state index contributed by atoms with van der Waals surface area (Å²) in [5.74, 6) is -114. The van der Waals surface area contributed by atoms with E-state index in [2.05, 4.69) is 35.0 Å². The van der Waals surface area contributed by atoms with Gasteiger partial charge in [0.2, 0.25) is 0 Å². The number of alkyl halides is 39. The molecule has 0 amide bonds. The van der Waals surface area contributed by atoms with Gasteiger partial charge in [-0.25, -0.2) is 4.79 Å². The van der Waals surface area contributed by atoms with Crippen LogP contribution in [0.5, 0.6) is 0 Å². The highest BCUT2D eigenvalue weighted by atomic mass is 35.5. The highest BCUT2D eigenvalue weighted by Gasteiger charge is 2.93. The van der Waals surface area contributed by atoms with Gasteiger partial charge in [0.05, 0.1) is 6.54 Å². The number of Topliss-reactive ketones (excluding diaryl/α,β-unsaturated/α-hetero) is 1. The molecule has 53 heteroatoms. The van der Waals surface area contributed by atoms with E-state index >= 15 is 0 Å². The zero-order chi connectivity index (χ0) is 79.4. The van der Waals surface area contributed by atoms with Gasteiger partial charge in [-0.15, -0.1) is 0 Å². The maximum atomic E-state index is 13.8. The number of hydrogen-bond acceptors (Lipinski definition) is 11. The van der Waals surface area contributed by atoms with E-state index in [1.54, 1.807) is 0 Å². The third-order valence-electron chi connectivity index (χ3n) is 10.8. The molecule has 0 spiro atoms. The first kappa shape index (κ1) is 102. The molecule has 0 atom stereocenters. The molecule has 0 unspecified atom stereocenters. The first-order chi connectivity index (χ1) is 42.7. The summed E-state index contributed by atoms with van der Waals surface area (Å²) in [6.07, 6.45) is -30.2. The van der Waals surface area contributed by atoms with Crippen LogP contribution in [0.3, 0.4) is 0 Å². The smallest absolute Gasteiger partial charge is 0.376 e. The lowest BCUT2D eigenvalue weighted by Crippen LogP contribution is -2.70. The van der Waals surface area contributed by atoms with Crippen molar-refractivity contribution >= 4 is 47.7 Å². The maximum absolute atomic E-state index is 13.8. The maximum Gasteiger partial charge on any atom is 0.501 e. The second-order valence-electron chi connectivity index (χ2n) is 17.6. The summed E-state index contributed by atoms with van der Waals surface area (Å²) in [4.78, 5) is 32.2. The third-order valence-corrected chi connectivity index (χ3v) is 15.9. The molecule has 0 bridgehead atoms. The molecule has 0 saturated carbocycles. The van der Waals surface area contributed by atoms with E-state index in [1.165, 1.54) is 20.8 Å². The predicted octanol–water partition coefficient (Wildman–Crippen LogP) is 17.1. The number of ketones is 2. The van der Waals surface area contributed by atoms with Gasteiger partial charge in [-0.1, -0.05) is 13.2 Å². The van der Waals surface area contributed by atoms with Crippen molar-refractivity contribution in [3.05, 3.63) is 25.3 Å². The van der Waals surface area contributed by atoms with Crippen molar-refractivity contribution in [1.29, 1.82) is 0 Å². The minimum absolute atomic E-state index is 0.0244. The summed E-state index contributed by atoms with van der Waals surface area (Å²) < 4.78 is 530. The molecule has 0 fully saturated rings. The highest BCUT2D eigenvalue weighted by molar-refractivity contribution is 6.61. The minimum atomic E-state index is -7.97. The van der Waals surface area contributed by atoms with Crippen molar-refractivity contribution in [2.45, 2.75) is 187 Å². The van der Waals surface area contributed by atoms with Crippen molar-refractivity contribution in [3.8, 4) is 0 Å². The van der Waals surface area contributed by atoms with Gasteiger partial charge in [0.1, 0.15) is 17.6 Å². The summed E-state index contributed by atoms with van der Waals surface area (Å²) in [5.41, 5.74) is 3.91. The Morgan fingerprint density at radius 1 is 0.371 bits per heavy atom. The molecule has 0 radical (unpaired) electrons.